The van der Waals surface area contributed by atoms with Gasteiger partial charge in [-0.05, 0) is 30.5 Å². The van der Waals surface area contributed by atoms with E-state index >= 15 is 0 Å². The van der Waals surface area contributed by atoms with Crippen molar-refractivity contribution in [3.63, 3.8) is 0 Å². The molecule has 0 aliphatic rings. The molecule has 0 amide bonds. The van der Waals surface area contributed by atoms with Gasteiger partial charge in [0.1, 0.15) is 0 Å². The Morgan fingerprint density at radius 1 is 1.46 bits per heavy atom. The summed E-state index contributed by atoms with van der Waals surface area (Å²) in [4.78, 5) is 0. The molecule has 0 aliphatic heterocycles. The predicted molar refractivity (Wildman–Crippen MR) is 60.0 cm³/mol. The van der Waals surface area contributed by atoms with Crippen LogP contribution in [-0.4, -0.2) is 5.88 Å². The lowest BCUT2D eigenvalue weighted by Gasteiger charge is -2.00. The summed E-state index contributed by atoms with van der Waals surface area (Å²) in [5, 5.41) is 0. The van der Waals surface area contributed by atoms with Crippen LogP contribution in [-0.2, 0) is 0 Å². The molecular formula is C11H14ClN. The molecule has 0 saturated heterocycles. The maximum absolute atomic E-state index is 5.70. The van der Waals surface area contributed by atoms with E-state index in [9.17, 15) is 0 Å². The Bertz CT molecular complexity index is 305. The summed E-state index contributed by atoms with van der Waals surface area (Å²) < 4.78 is 0. The quantitative estimate of drug-likeness (QED) is 0.582. The van der Waals surface area contributed by atoms with Crippen LogP contribution in [0.5, 0.6) is 0 Å². The summed E-state index contributed by atoms with van der Waals surface area (Å²) in [6, 6.07) is 6.00. The van der Waals surface area contributed by atoms with Crippen molar-refractivity contribution in [2.75, 3.05) is 11.6 Å². The van der Waals surface area contributed by atoms with Crippen molar-refractivity contribution < 1.29 is 0 Å². The number of rotatable bonds is 3. The van der Waals surface area contributed by atoms with Crippen molar-refractivity contribution in [2.24, 2.45) is 0 Å². The van der Waals surface area contributed by atoms with Crippen molar-refractivity contribution in [2.45, 2.75) is 13.3 Å². The molecular weight excluding hydrogens is 182 g/mol. The van der Waals surface area contributed by atoms with E-state index in [-0.39, 0.29) is 0 Å². The highest BCUT2D eigenvalue weighted by Crippen LogP contribution is 2.13. The smallest absolute Gasteiger partial charge is 0.0344 e. The highest BCUT2D eigenvalue weighted by molar-refractivity contribution is 6.17. The summed E-state index contributed by atoms with van der Waals surface area (Å²) in [7, 11) is 0. The van der Waals surface area contributed by atoms with E-state index in [4.69, 9.17) is 17.3 Å². The fourth-order valence-corrected chi connectivity index (χ4v) is 1.21. The number of nitrogen functional groups attached to an aromatic ring is 1. The molecule has 1 aromatic rings. The molecule has 0 heterocycles. The average Bonchev–Trinajstić information content (AvgIpc) is 2.12. The second kappa shape index (κ2) is 4.93. The maximum atomic E-state index is 5.70. The van der Waals surface area contributed by atoms with Gasteiger partial charge in [0.05, 0.1) is 0 Å². The lowest BCUT2D eigenvalue weighted by molar-refractivity contribution is 1.24. The van der Waals surface area contributed by atoms with E-state index in [1.165, 1.54) is 5.56 Å². The van der Waals surface area contributed by atoms with E-state index < -0.39 is 0 Å². The molecule has 13 heavy (non-hydrogen) atoms. The Morgan fingerprint density at radius 2 is 2.23 bits per heavy atom. The number of halogens is 1. The molecule has 0 aromatic heterocycles. The first-order chi connectivity index (χ1) is 6.24. The van der Waals surface area contributed by atoms with Gasteiger partial charge in [-0.3, -0.25) is 0 Å². The number of alkyl halides is 1. The van der Waals surface area contributed by atoms with Gasteiger partial charge in [-0.15, -0.1) is 11.6 Å². The Balaban J connectivity index is 2.73. The van der Waals surface area contributed by atoms with Crippen LogP contribution < -0.4 is 5.73 Å². The van der Waals surface area contributed by atoms with Crippen molar-refractivity contribution in [1.29, 1.82) is 0 Å². The first-order valence-corrected chi connectivity index (χ1v) is 4.86. The van der Waals surface area contributed by atoms with Crippen LogP contribution in [0.15, 0.2) is 24.3 Å². The molecule has 70 valence electrons. The van der Waals surface area contributed by atoms with Crippen LogP contribution >= 0.6 is 11.6 Å². The highest BCUT2D eigenvalue weighted by Gasteiger charge is 1.92. The topological polar surface area (TPSA) is 26.0 Å². The van der Waals surface area contributed by atoms with Crippen LogP contribution in [0.25, 0.3) is 6.08 Å². The zero-order valence-electron chi connectivity index (χ0n) is 7.76. The maximum Gasteiger partial charge on any atom is 0.0344 e. The molecule has 2 heteroatoms. The Hall–Kier alpha value is -0.950. The lowest BCUT2D eigenvalue weighted by Crippen LogP contribution is -1.88. The Labute approximate surface area is 84.2 Å². The minimum atomic E-state index is 0.671. The van der Waals surface area contributed by atoms with Gasteiger partial charge in [-0.25, -0.2) is 0 Å². The van der Waals surface area contributed by atoms with Gasteiger partial charge in [-0.2, -0.15) is 0 Å². The van der Waals surface area contributed by atoms with Gasteiger partial charge in [0.15, 0.2) is 0 Å². The summed E-state index contributed by atoms with van der Waals surface area (Å²) in [5.74, 6) is 0.671. The third-order valence-electron chi connectivity index (χ3n) is 1.88. The molecule has 0 radical (unpaired) electrons. The molecule has 2 N–H and O–H groups in total. The molecule has 1 nitrogen and oxygen atoms in total. The summed E-state index contributed by atoms with van der Waals surface area (Å²) in [6.45, 7) is 2.01. The van der Waals surface area contributed by atoms with Crippen LogP contribution in [0.2, 0.25) is 0 Å². The number of benzene rings is 1. The van der Waals surface area contributed by atoms with Crippen LogP contribution in [0.3, 0.4) is 0 Å². The summed E-state index contributed by atoms with van der Waals surface area (Å²) >= 11 is 5.55. The molecule has 1 aromatic carbocycles. The molecule has 0 unspecified atom stereocenters. The first kappa shape index (κ1) is 10.1. The van der Waals surface area contributed by atoms with Gasteiger partial charge >= 0.3 is 0 Å². The minimum Gasteiger partial charge on any atom is -0.399 e. The number of nitrogens with two attached hydrogens (primary N) is 1. The van der Waals surface area contributed by atoms with Crippen LogP contribution in [0.4, 0.5) is 5.69 Å². The third-order valence-corrected chi connectivity index (χ3v) is 2.10. The van der Waals surface area contributed by atoms with Crippen molar-refractivity contribution in [3.8, 4) is 0 Å². The van der Waals surface area contributed by atoms with Crippen molar-refractivity contribution >= 4 is 23.4 Å². The number of anilines is 1. The third kappa shape index (κ3) is 3.11. The van der Waals surface area contributed by atoms with Crippen molar-refractivity contribution in [3.05, 3.63) is 35.4 Å². The molecule has 0 spiro atoms. The number of hydrogen-bond donors (Lipinski definition) is 1. The van der Waals surface area contributed by atoms with Gasteiger partial charge in [0.25, 0.3) is 0 Å². The fraction of sp³-hybridized carbons (Fsp3) is 0.273. The van der Waals surface area contributed by atoms with Gasteiger partial charge in [-0.1, -0.05) is 24.3 Å². The molecule has 1 rings (SSSR count). The van der Waals surface area contributed by atoms with Crippen molar-refractivity contribution in [1.82, 2.24) is 0 Å². The molecule has 0 aliphatic carbocycles. The fourth-order valence-electron chi connectivity index (χ4n) is 1.08. The van der Waals surface area contributed by atoms with E-state index in [1.807, 2.05) is 19.1 Å². The Morgan fingerprint density at radius 3 is 2.85 bits per heavy atom. The average molecular weight is 196 g/mol. The normalized spacial score (nSPS) is 10.9. The second-order valence-corrected chi connectivity index (χ2v) is 3.37. The monoisotopic (exact) mass is 195 g/mol. The Kier molecular flexibility index (Phi) is 3.84. The number of hydrogen-bond acceptors (Lipinski definition) is 1. The van der Waals surface area contributed by atoms with E-state index in [0.29, 0.717) is 5.88 Å². The molecule has 0 bridgehead atoms. The van der Waals surface area contributed by atoms with Gasteiger partial charge in [0, 0.05) is 11.6 Å². The van der Waals surface area contributed by atoms with Gasteiger partial charge < -0.3 is 5.73 Å². The highest BCUT2D eigenvalue weighted by atomic mass is 35.5. The van der Waals surface area contributed by atoms with E-state index in [2.05, 4.69) is 18.2 Å². The summed E-state index contributed by atoms with van der Waals surface area (Å²) in [6.07, 6.45) is 5.04. The van der Waals surface area contributed by atoms with Crippen LogP contribution in [0.1, 0.15) is 17.5 Å². The zero-order chi connectivity index (χ0) is 9.68. The molecule has 0 fully saturated rings. The largest absolute Gasteiger partial charge is 0.399 e. The SMILES string of the molecule is Cc1cc(C=CCCCl)ccc1N. The second-order valence-electron chi connectivity index (χ2n) is 3.00. The zero-order valence-corrected chi connectivity index (χ0v) is 8.51. The predicted octanol–water partition coefficient (Wildman–Crippen LogP) is 3.22. The summed E-state index contributed by atoms with van der Waals surface area (Å²) in [5.41, 5.74) is 8.84. The number of aryl methyl sites for hydroxylation is 1. The minimum absolute atomic E-state index is 0.671. The molecule has 0 saturated carbocycles. The van der Waals surface area contributed by atoms with Crippen LogP contribution in [0, 0.1) is 6.92 Å². The standard InChI is InChI=1S/C11H14ClN/c1-9-8-10(4-2-3-7-12)5-6-11(9)13/h2,4-6,8H,3,7,13H2,1H3. The van der Waals surface area contributed by atoms with E-state index in [0.717, 1.165) is 17.7 Å². The number of allylic oxidation sites excluding steroid dienone is 1. The first-order valence-electron chi connectivity index (χ1n) is 4.32. The van der Waals surface area contributed by atoms with Gasteiger partial charge in [0.2, 0.25) is 0 Å². The lowest BCUT2D eigenvalue weighted by atomic mass is 10.1. The van der Waals surface area contributed by atoms with E-state index in [1.54, 1.807) is 0 Å². The molecule has 0 atom stereocenters.